The van der Waals surface area contributed by atoms with Gasteiger partial charge < -0.3 is 28.5 Å². The molecule has 0 bridgehead atoms. The van der Waals surface area contributed by atoms with Crippen LogP contribution in [0, 0.1) is 0 Å². The van der Waals surface area contributed by atoms with E-state index in [0.29, 0.717) is 17.4 Å². The van der Waals surface area contributed by atoms with Gasteiger partial charge >= 0.3 is 17.9 Å². The molecular formula is C76H132NO8+. The second kappa shape index (κ2) is 65.9. The maximum atomic E-state index is 12.9. The summed E-state index contributed by atoms with van der Waals surface area (Å²) in [7, 11) is 5.97. The van der Waals surface area contributed by atoms with Crippen molar-refractivity contribution in [2.75, 3.05) is 47.5 Å². The van der Waals surface area contributed by atoms with E-state index < -0.39 is 24.3 Å². The normalized spacial score (nSPS) is 13.4. The molecule has 0 radical (unpaired) electrons. The number of carboxylic acid groups (broad SMARTS) is 1. The van der Waals surface area contributed by atoms with E-state index in [-0.39, 0.29) is 32.2 Å². The van der Waals surface area contributed by atoms with Gasteiger partial charge in [0, 0.05) is 12.8 Å². The first-order chi connectivity index (χ1) is 41.6. The quantitative estimate of drug-likeness (QED) is 0.0211. The summed E-state index contributed by atoms with van der Waals surface area (Å²) in [5.74, 6) is -2.01. The van der Waals surface area contributed by atoms with Crippen LogP contribution in [0.25, 0.3) is 0 Å². The third kappa shape index (κ3) is 67.3. The molecule has 0 rings (SSSR count). The summed E-state index contributed by atoms with van der Waals surface area (Å²) < 4.78 is 23.0. The molecule has 0 aromatic heterocycles. The van der Waals surface area contributed by atoms with Crippen LogP contribution < -0.4 is 0 Å². The number of quaternary nitrogens is 1. The van der Waals surface area contributed by atoms with Crippen molar-refractivity contribution >= 4 is 17.9 Å². The number of hydrogen-bond donors (Lipinski definition) is 1. The molecule has 0 aromatic carbocycles. The number of allylic oxidation sites excluding steroid dienone is 18. The molecule has 85 heavy (non-hydrogen) atoms. The smallest absolute Gasteiger partial charge is 0.361 e. The molecule has 488 valence electrons. The van der Waals surface area contributed by atoms with Gasteiger partial charge in [-0.25, -0.2) is 4.79 Å². The summed E-state index contributed by atoms with van der Waals surface area (Å²) in [5.41, 5.74) is 0. The Bertz CT molecular complexity index is 1760. The molecule has 0 aliphatic heterocycles. The molecule has 0 heterocycles. The number of likely N-dealkylation sites (N-methyl/N-ethyl adjacent to an activating group) is 1. The number of carbonyl (C=O) groups is 3. The highest BCUT2D eigenvalue weighted by Crippen LogP contribution is 2.17. The molecule has 0 aliphatic carbocycles. The Kier molecular flexibility index (Phi) is 62.8. The van der Waals surface area contributed by atoms with Gasteiger partial charge in [0.05, 0.1) is 34.4 Å². The molecule has 0 aromatic rings. The van der Waals surface area contributed by atoms with Crippen molar-refractivity contribution in [3.05, 3.63) is 109 Å². The van der Waals surface area contributed by atoms with E-state index in [4.69, 9.17) is 18.9 Å². The van der Waals surface area contributed by atoms with Gasteiger partial charge in [0.25, 0.3) is 6.29 Å². The fraction of sp³-hybridized carbons (Fsp3) is 0.724. The molecule has 0 spiro atoms. The summed E-state index contributed by atoms with van der Waals surface area (Å²) in [5, 5.41) is 9.74. The van der Waals surface area contributed by atoms with Crippen LogP contribution in [0.15, 0.2) is 109 Å². The van der Waals surface area contributed by atoms with E-state index in [0.717, 1.165) is 103 Å². The van der Waals surface area contributed by atoms with Crippen molar-refractivity contribution in [2.45, 2.75) is 309 Å². The number of hydrogen-bond acceptors (Lipinski definition) is 7. The van der Waals surface area contributed by atoms with Crippen molar-refractivity contribution in [3.8, 4) is 0 Å². The molecule has 2 unspecified atom stereocenters. The Morgan fingerprint density at radius 3 is 1.00 bits per heavy atom. The average Bonchev–Trinajstić information content (AvgIpc) is 3.48. The fourth-order valence-corrected chi connectivity index (χ4v) is 9.67. The second-order valence-electron chi connectivity index (χ2n) is 24.5. The number of carbonyl (C=O) groups excluding carboxylic acids is 2. The van der Waals surface area contributed by atoms with Gasteiger partial charge in [-0.3, -0.25) is 9.59 Å². The van der Waals surface area contributed by atoms with Gasteiger partial charge in [0.1, 0.15) is 13.2 Å². The van der Waals surface area contributed by atoms with Crippen molar-refractivity contribution in [2.24, 2.45) is 0 Å². The topological polar surface area (TPSA) is 108 Å². The van der Waals surface area contributed by atoms with Crippen LogP contribution in [0.4, 0.5) is 0 Å². The summed E-state index contributed by atoms with van der Waals surface area (Å²) in [6.45, 7) is 4.76. The molecule has 9 nitrogen and oxygen atoms in total. The van der Waals surface area contributed by atoms with Crippen LogP contribution >= 0.6 is 0 Å². The zero-order valence-corrected chi connectivity index (χ0v) is 55.7. The van der Waals surface area contributed by atoms with Gasteiger partial charge in [-0.05, 0) is 103 Å². The molecule has 1 N–H and O–H groups in total. The Labute approximate surface area is 524 Å². The van der Waals surface area contributed by atoms with E-state index >= 15 is 0 Å². The Balaban J connectivity index is 4.10. The SMILES string of the molecule is CC/C=C\C/C=C\C/C=C\C/C=C\C/C=C\C/C=C\CCCCCCCCCCCCCCCCCCCCC(=O)OC(COC(=O)CCCCCCCCCC/C=C\C/C=C\C/C=C\CCCCCCC)COC(OCC[N+](C)(C)C)C(=O)O. The maximum absolute atomic E-state index is 12.9. The number of carboxylic acids is 1. The van der Waals surface area contributed by atoms with Crippen molar-refractivity contribution in [1.29, 1.82) is 0 Å². The lowest BCUT2D eigenvalue weighted by molar-refractivity contribution is -0.870. The summed E-state index contributed by atoms with van der Waals surface area (Å²) >= 11 is 0. The monoisotopic (exact) mass is 1190 g/mol. The number of nitrogens with zero attached hydrogens (tertiary/aromatic N) is 1. The minimum atomic E-state index is -1.52. The maximum Gasteiger partial charge on any atom is 0.361 e. The first-order valence-corrected chi connectivity index (χ1v) is 35.1. The minimum absolute atomic E-state index is 0.183. The zero-order chi connectivity index (χ0) is 61.9. The van der Waals surface area contributed by atoms with Crippen LogP contribution in [-0.2, 0) is 33.3 Å². The second-order valence-corrected chi connectivity index (χ2v) is 24.5. The van der Waals surface area contributed by atoms with E-state index in [1.807, 2.05) is 21.1 Å². The Hall–Kier alpha value is -4.05. The molecule has 0 aliphatic rings. The van der Waals surface area contributed by atoms with Crippen molar-refractivity contribution in [3.63, 3.8) is 0 Å². The molecule has 0 saturated heterocycles. The van der Waals surface area contributed by atoms with Crippen LogP contribution in [-0.4, -0.2) is 87.4 Å². The van der Waals surface area contributed by atoms with E-state index in [1.165, 1.54) is 167 Å². The lowest BCUT2D eigenvalue weighted by Gasteiger charge is -2.25. The summed E-state index contributed by atoms with van der Waals surface area (Å²) in [6, 6.07) is 0. The lowest BCUT2D eigenvalue weighted by atomic mass is 10.0. The van der Waals surface area contributed by atoms with E-state index in [2.05, 4.69) is 123 Å². The van der Waals surface area contributed by atoms with Crippen molar-refractivity contribution < 1.29 is 42.9 Å². The first-order valence-electron chi connectivity index (χ1n) is 35.1. The van der Waals surface area contributed by atoms with Gasteiger partial charge in [-0.2, -0.15) is 0 Å². The van der Waals surface area contributed by atoms with Gasteiger partial charge in [-0.15, -0.1) is 0 Å². The van der Waals surface area contributed by atoms with Crippen LogP contribution in [0.2, 0.25) is 0 Å². The minimum Gasteiger partial charge on any atom is -0.477 e. The number of aliphatic carboxylic acids is 1. The first kappa shape index (κ1) is 81.0. The molecule has 0 amide bonds. The van der Waals surface area contributed by atoms with Crippen LogP contribution in [0.3, 0.4) is 0 Å². The molecule has 0 fully saturated rings. The van der Waals surface area contributed by atoms with Gasteiger partial charge in [0.15, 0.2) is 6.10 Å². The fourth-order valence-electron chi connectivity index (χ4n) is 9.67. The van der Waals surface area contributed by atoms with Crippen LogP contribution in [0.1, 0.15) is 296 Å². The number of ether oxygens (including phenoxy) is 4. The zero-order valence-electron chi connectivity index (χ0n) is 55.7. The average molecular weight is 1190 g/mol. The summed E-state index contributed by atoms with van der Waals surface area (Å²) in [6.07, 6.45) is 89.1. The standard InChI is InChI=1S/C76H131NO8/c1-6-8-10-12-14-16-18-20-22-24-26-28-30-31-32-33-34-35-36-37-38-39-40-41-42-43-45-47-49-51-53-55-57-59-61-63-65-67-74(79)85-72(71-84-76(75(80)81)82-69-68-77(3,4)5)70-83-73(78)66-64-62-60-58-56-54-52-50-48-46-44-29-27-25-23-21-19-17-15-13-11-9-7-2/h8,10,14,16,19-22,25-28,31-32,34-35,44,46,72,76H,6-7,9,11-13,15,17-18,23-24,29-30,33,36-43,45,47-71H2,1-5H3/p+1/b10-8-,16-14-,21-19-,22-20-,27-25-,28-26-,32-31-,35-34-,46-44-. The Morgan fingerprint density at radius 1 is 0.365 bits per heavy atom. The predicted octanol–water partition coefficient (Wildman–Crippen LogP) is 21.8. The molecule has 2 atom stereocenters. The number of unbranched alkanes of at least 4 members (excludes halogenated alkanes) is 31. The predicted molar refractivity (Wildman–Crippen MR) is 364 cm³/mol. The highest BCUT2D eigenvalue weighted by molar-refractivity contribution is 5.71. The van der Waals surface area contributed by atoms with E-state index in [1.54, 1.807) is 0 Å². The highest BCUT2D eigenvalue weighted by Gasteiger charge is 2.25. The summed E-state index contributed by atoms with van der Waals surface area (Å²) in [4.78, 5) is 37.6. The van der Waals surface area contributed by atoms with Crippen molar-refractivity contribution in [1.82, 2.24) is 0 Å². The molecule has 0 saturated carbocycles. The number of esters is 2. The largest absolute Gasteiger partial charge is 0.477 e. The Morgan fingerprint density at radius 2 is 0.671 bits per heavy atom. The third-order valence-corrected chi connectivity index (χ3v) is 15.0. The molecule has 9 heteroatoms. The lowest BCUT2D eigenvalue weighted by Crippen LogP contribution is -2.40. The third-order valence-electron chi connectivity index (χ3n) is 15.0. The highest BCUT2D eigenvalue weighted by atomic mass is 16.7. The number of rotatable bonds is 64. The van der Waals surface area contributed by atoms with Gasteiger partial charge in [0.2, 0.25) is 0 Å². The van der Waals surface area contributed by atoms with E-state index in [9.17, 15) is 19.5 Å². The van der Waals surface area contributed by atoms with Gasteiger partial charge in [-0.1, -0.05) is 290 Å². The van der Waals surface area contributed by atoms with Crippen LogP contribution in [0.5, 0.6) is 0 Å². The molecular weight excluding hydrogens is 1050 g/mol.